The van der Waals surface area contributed by atoms with E-state index in [1.807, 2.05) is 18.4 Å². The molecule has 0 aliphatic carbocycles. The van der Waals surface area contributed by atoms with Crippen LogP contribution in [0, 0.1) is 6.92 Å². The maximum absolute atomic E-state index is 9.46. The quantitative estimate of drug-likeness (QED) is 0.721. The maximum Gasteiger partial charge on any atom is 0.157 e. The first-order chi connectivity index (χ1) is 9.02. The molecule has 19 heavy (non-hydrogen) atoms. The van der Waals surface area contributed by atoms with Crippen LogP contribution in [0.1, 0.15) is 30.2 Å². The number of phenols is 2. The highest BCUT2D eigenvalue weighted by Crippen LogP contribution is 2.26. The fourth-order valence-corrected chi connectivity index (χ4v) is 2.10. The molecule has 0 aliphatic rings. The summed E-state index contributed by atoms with van der Waals surface area (Å²) in [7, 11) is 0. The van der Waals surface area contributed by atoms with Crippen molar-refractivity contribution in [2.75, 3.05) is 0 Å². The molecule has 0 bridgehead atoms. The van der Waals surface area contributed by atoms with Crippen molar-refractivity contribution in [3.05, 3.63) is 35.4 Å². The zero-order chi connectivity index (χ0) is 14.0. The van der Waals surface area contributed by atoms with Gasteiger partial charge in [0, 0.05) is 6.54 Å². The first-order valence-corrected chi connectivity index (χ1v) is 6.19. The van der Waals surface area contributed by atoms with E-state index in [1.54, 1.807) is 6.07 Å². The fraction of sp³-hybridized carbons (Fsp3) is 0.385. The van der Waals surface area contributed by atoms with Crippen molar-refractivity contribution in [2.24, 2.45) is 5.73 Å². The molecule has 1 aromatic heterocycles. The molecular formula is C13H18N4O2. The van der Waals surface area contributed by atoms with Gasteiger partial charge in [0.25, 0.3) is 0 Å². The summed E-state index contributed by atoms with van der Waals surface area (Å²) in [6, 6.07) is 4.39. The van der Waals surface area contributed by atoms with Gasteiger partial charge >= 0.3 is 0 Å². The smallest absolute Gasteiger partial charge is 0.157 e. The van der Waals surface area contributed by atoms with Crippen molar-refractivity contribution in [1.82, 2.24) is 14.8 Å². The van der Waals surface area contributed by atoms with E-state index in [4.69, 9.17) is 5.73 Å². The van der Waals surface area contributed by atoms with E-state index in [-0.39, 0.29) is 17.5 Å². The van der Waals surface area contributed by atoms with Gasteiger partial charge in [-0.05, 0) is 38.0 Å². The molecule has 0 aliphatic heterocycles. The fourth-order valence-electron chi connectivity index (χ4n) is 2.10. The van der Waals surface area contributed by atoms with E-state index in [0.717, 1.165) is 23.8 Å². The van der Waals surface area contributed by atoms with Crippen molar-refractivity contribution in [1.29, 1.82) is 0 Å². The van der Waals surface area contributed by atoms with E-state index >= 15 is 0 Å². The van der Waals surface area contributed by atoms with E-state index in [9.17, 15) is 10.2 Å². The van der Waals surface area contributed by atoms with Crippen LogP contribution in [0.4, 0.5) is 0 Å². The monoisotopic (exact) mass is 262 g/mol. The second-order valence-electron chi connectivity index (χ2n) is 4.48. The highest BCUT2D eigenvalue weighted by atomic mass is 16.3. The van der Waals surface area contributed by atoms with Crippen molar-refractivity contribution < 1.29 is 10.2 Å². The summed E-state index contributed by atoms with van der Waals surface area (Å²) in [5, 5.41) is 26.9. The average molecular weight is 262 g/mol. The molecule has 0 spiro atoms. The molecule has 1 aromatic carbocycles. The Morgan fingerprint density at radius 2 is 2.00 bits per heavy atom. The molecule has 0 fully saturated rings. The topological polar surface area (TPSA) is 97.2 Å². The number of aromatic hydroxyl groups is 2. The largest absolute Gasteiger partial charge is 0.504 e. The van der Waals surface area contributed by atoms with Crippen LogP contribution >= 0.6 is 0 Å². The molecule has 2 rings (SSSR count). The van der Waals surface area contributed by atoms with Crippen molar-refractivity contribution in [2.45, 2.75) is 32.9 Å². The molecule has 1 atom stereocenters. The summed E-state index contributed by atoms with van der Waals surface area (Å²) >= 11 is 0. The van der Waals surface area contributed by atoms with Gasteiger partial charge in [0.05, 0.1) is 6.04 Å². The number of aromatic nitrogens is 3. The number of aryl methyl sites for hydroxylation is 1. The third-order valence-electron chi connectivity index (χ3n) is 3.11. The number of benzene rings is 1. The lowest BCUT2D eigenvalue weighted by molar-refractivity contribution is 0.403. The second kappa shape index (κ2) is 5.27. The predicted molar refractivity (Wildman–Crippen MR) is 70.8 cm³/mol. The standard InChI is InChI=1S/C13H18N4O2/c1-3-17-8(2)15-16-13(17)10(14)6-9-4-5-11(18)12(19)7-9/h4-5,7,10,18-19H,3,6,14H2,1-2H3. The Morgan fingerprint density at radius 3 is 2.63 bits per heavy atom. The van der Waals surface area contributed by atoms with E-state index in [0.29, 0.717) is 6.42 Å². The van der Waals surface area contributed by atoms with E-state index < -0.39 is 0 Å². The van der Waals surface area contributed by atoms with Gasteiger partial charge in [0.15, 0.2) is 11.5 Å². The molecular weight excluding hydrogens is 244 g/mol. The van der Waals surface area contributed by atoms with Crippen LogP contribution in [0.25, 0.3) is 0 Å². The van der Waals surface area contributed by atoms with Gasteiger partial charge in [0.2, 0.25) is 0 Å². The first-order valence-electron chi connectivity index (χ1n) is 6.19. The predicted octanol–water partition coefficient (Wildman–Crippen LogP) is 1.26. The van der Waals surface area contributed by atoms with Crippen LogP contribution in [0.5, 0.6) is 11.5 Å². The first kappa shape index (κ1) is 13.4. The highest BCUT2D eigenvalue weighted by Gasteiger charge is 2.16. The Labute approximate surface area is 111 Å². The summed E-state index contributed by atoms with van der Waals surface area (Å²) in [6.45, 7) is 4.67. The van der Waals surface area contributed by atoms with Crippen molar-refractivity contribution in [3.8, 4) is 11.5 Å². The molecule has 4 N–H and O–H groups in total. The van der Waals surface area contributed by atoms with Crippen molar-refractivity contribution >= 4 is 0 Å². The number of rotatable bonds is 4. The molecule has 0 saturated carbocycles. The lowest BCUT2D eigenvalue weighted by Crippen LogP contribution is -2.19. The highest BCUT2D eigenvalue weighted by molar-refractivity contribution is 5.40. The van der Waals surface area contributed by atoms with Gasteiger partial charge in [-0.2, -0.15) is 0 Å². The number of nitrogens with zero attached hydrogens (tertiary/aromatic N) is 3. The lowest BCUT2D eigenvalue weighted by atomic mass is 10.1. The van der Waals surface area contributed by atoms with Crippen LogP contribution in [0.3, 0.4) is 0 Å². The number of hydrogen-bond acceptors (Lipinski definition) is 5. The zero-order valence-electron chi connectivity index (χ0n) is 11.0. The minimum absolute atomic E-state index is 0.134. The van der Waals surface area contributed by atoms with Crippen molar-refractivity contribution in [3.63, 3.8) is 0 Å². The molecule has 0 radical (unpaired) electrons. The van der Waals surface area contributed by atoms with Crippen LogP contribution in [-0.2, 0) is 13.0 Å². The molecule has 1 unspecified atom stereocenters. The summed E-state index contributed by atoms with van der Waals surface area (Å²) in [5.41, 5.74) is 6.98. The minimum atomic E-state index is -0.301. The summed E-state index contributed by atoms with van der Waals surface area (Å²) in [4.78, 5) is 0. The maximum atomic E-state index is 9.46. The molecule has 6 heteroatoms. The molecule has 0 amide bonds. The third-order valence-corrected chi connectivity index (χ3v) is 3.11. The Morgan fingerprint density at radius 1 is 1.26 bits per heavy atom. The van der Waals surface area contributed by atoms with Gasteiger partial charge in [-0.25, -0.2) is 0 Å². The molecule has 6 nitrogen and oxygen atoms in total. The summed E-state index contributed by atoms with van der Waals surface area (Å²) in [5.74, 6) is 1.29. The molecule has 0 saturated heterocycles. The van der Waals surface area contributed by atoms with E-state index in [1.165, 1.54) is 12.1 Å². The Hall–Kier alpha value is -2.08. The Bertz CT molecular complexity index is 580. The van der Waals surface area contributed by atoms with Crippen LogP contribution < -0.4 is 5.73 Å². The van der Waals surface area contributed by atoms with Gasteiger partial charge in [0.1, 0.15) is 11.6 Å². The zero-order valence-corrected chi connectivity index (χ0v) is 11.0. The Kier molecular flexibility index (Phi) is 3.71. The second-order valence-corrected chi connectivity index (χ2v) is 4.48. The van der Waals surface area contributed by atoms with Crippen LogP contribution in [0.2, 0.25) is 0 Å². The average Bonchev–Trinajstić information content (AvgIpc) is 2.75. The number of nitrogens with two attached hydrogens (primary N) is 1. The molecule has 1 heterocycles. The van der Waals surface area contributed by atoms with Gasteiger partial charge in [-0.1, -0.05) is 6.07 Å². The number of hydrogen-bond donors (Lipinski definition) is 3. The summed E-state index contributed by atoms with van der Waals surface area (Å²) in [6.07, 6.45) is 0.520. The number of phenolic OH excluding ortho intramolecular Hbond substituents is 2. The molecule has 102 valence electrons. The lowest BCUT2D eigenvalue weighted by Gasteiger charge is -2.13. The minimum Gasteiger partial charge on any atom is -0.504 e. The Balaban J connectivity index is 2.20. The SMILES string of the molecule is CCn1c(C)nnc1C(N)Cc1ccc(O)c(O)c1. The third kappa shape index (κ3) is 2.68. The van der Waals surface area contributed by atoms with Gasteiger partial charge < -0.3 is 20.5 Å². The molecule has 2 aromatic rings. The van der Waals surface area contributed by atoms with Crippen LogP contribution in [0.15, 0.2) is 18.2 Å². The normalized spacial score (nSPS) is 12.6. The van der Waals surface area contributed by atoms with Gasteiger partial charge in [-0.3, -0.25) is 0 Å². The van der Waals surface area contributed by atoms with E-state index in [2.05, 4.69) is 10.2 Å². The summed E-state index contributed by atoms with van der Waals surface area (Å²) < 4.78 is 1.96. The van der Waals surface area contributed by atoms with Gasteiger partial charge in [-0.15, -0.1) is 10.2 Å². The van der Waals surface area contributed by atoms with Crippen LogP contribution in [-0.4, -0.2) is 25.0 Å².